The Morgan fingerprint density at radius 1 is 1.33 bits per heavy atom. The number of ether oxygens (including phenoxy) is 1. The van der Waals surface area contributed by atoms with E-state index in [4.69, 9.17) is 33.0 Å². The Morgan fingerprint density at radius 3 is 2.62 bits per heavy atom. The van der Waals surface area contributed by atoms with Crippen molar-refractivity contribution in [2.45, 2.75) is 31.6 Å². The molecular weight excluding hydrogens is 317 g/mol. The van der Waals surface area contributed by atoms with Crippen molar-refractivity contribution >= 4 is 35.1 Å². The standard InChI is InChI=1S/C14H15Cl2NO4/c1-17(7-8-3-2-4-9(15)12(8)16)13(18)10-5-6-11(21-10)14(19)20/h2-4,10-11H,5-7H2,1H3,(H,19,20). The van der Waals surface area contributed by atoms with Gasteiger partial charge in [-0.3, -0.25) is 4.79 Å². The molecular formula is C14H15Cl2NO4. The second kappa shape index (κ2) is 6.64. The quantitative estimate of drug-likeness (QED) is 0.920. The Bertz CT molecular complexity index is 564. The average molecular weight is 332 g/mol. The number of carbonyl (C=O) groups excluding carboxylic acids is 1. The van der Waals surface area contributed by atoms with Gasteiger partial charge >= 0.3 is 5.97 Å². The number of nitrogens with zero attached hydrogens (tertiary/aromatic N) is 1. The lowest BCUT2D eigenvalue weighted by molar-refractivity contribution is -0.154. The number of carboxylic acids is 1. The second-order valence-electron chi connectivity index (χ2n) is 4.94. The van der Waals surface area contributed by atoms with Gasteiger partial charge in [0.1, 0.15) is 6.10 Å². The molecule has 5 nitrogen and oxygen atoms in total. The molecule has 2 rings (SSSR count). The number of benzene rings is 1. The van der Waals surface area contributed by atoms with Gasteiger partial charge in [-0.2, -0.15) is 0 Å². The number of rotatable bonds is 4. The first-order valence-electron chi connectivity index (χ1n) is 6.46. The van der Waals surface area contributed by atoms with Gasteiger partial charge in [0.15, 0.2) is 6.10 Å². The van der Waals surface area contributed by atoms with Crippen LogP contribution in [0.5, 0.6) is 0 Å². The molecule has 2 unspecified atom stereocenters. The zero-order chi connectivity index (χ0) is 15.6. The molecule has 2 atom stereocenters. The molecule has 0 aliphatic carbocycles. The van der Waals surface area contributed by atoms with Crippen molar-refractivity contribution in [2.24, 2.45) is 0 Å². The summed E-state index contributed by atoms with van der Waals surface area (Å²) in [6.07, 6.45) is -0.864. The van der Waals surface area contributed by atoms with E-state index in [0.29, 0.717) is 22.9 Å². The Hall–Kier alpha value is -1.30. The lowest BCUT2D eigenvalue weighted by atomic mass is 10.1. The first kappa shape index (κ1) is 16.1. The Balaban J connectivity index is 2.00. The van der Waals surface area contributed by atoms with Crippen LogP contribution < -0.4 is 0 Å². The third-order valence-electron chi connectivity index (χ3n) is 3.39. The van der Waals surface area contributed by atoms with Crippen LogP contribution in [0.25, 0.3) is 0 Å². The summed E-state index contributed by atoms with van der Waals surface area (Å²) in [5.41, 5.74) is 0.729. The van der Waals surface area contributed by atoms with Crippen LogP contribution >= 0.6 is 23.2 Å². The number of aliphatic carboxylic acids is 1. The third kappa shape index (κ3) is 3.67. The summed E-state index contributed by atoms with van der Waals surface area (Å²) in [6.45, 7) is 0.288. The molecule has 0 spiro atoms. The van der Waals surface area contributed by atoms with Crippen molar-refractivity contribution in [1.82, 2.24) is 4.90 Å². The maximum atomic E-state index is 12.2. The topological polar surface area (TPSA) is 66.8 Å². The van der Waals surface area contributed by atoms with E-state index in [1.54, 1.807) is 25.2 Å². The van der Waals surface area contributed by atoms with Gasteiger partial charge in [0, 0.05) is 13.6 Å². The fraction of sp³-hybridized carbons (Fsp3) is 0.429. The molecule has 1 aliphatic heterocycles. The van der Waals surface area contributed by atoms with Gasteiger partial charge in [-0.05, 0) is 24.5 Å². The maximum Gasteiger partial charge on any atom is 0.332 e. The molecule has 21 heavy (non-hydrogen) atoms. The van der Waals surface area contributed by atoms with E-state index < -0.39 is 18.2 Å². The third-order valence-corrected chi connectivity index (χ3v) is 4.24. The van der Waals surface area contributed by atoms with Gasteiger partial charge in [-0.25, -0.2) is 4.79 Å². The molecule has 1 amide bonds. The van der Waals surface area contributed by atoms with Crippen LogP contribution in [-0.2, 0) is 20.9 Å². The molecule has 114 valence electrons. The maximum absolute atomic E-state index is 12.2. The van der Waals surface area contributed by atoms with Crippen molar-refractivity contribution in [3.8, 4) is 0 Å². The van der Waals surface area contributed by atoms with E-state index in [1.807, 2.05) is 0 Å². The van der Waals surface area contributed by atoms with Crippen LogP contribution in [0.4, 0.5) is 0 Å². The summed E-state index contributed by atoms with van der Waals surface area (Å²) < 4.78 is 5.25. The van der Waals surface area contributed by atoms with Gasteiger partial charge in [-0.1, -0.05) is 35.3 Å². The Labute approximate surface area is 132 Å². The number of halogens is 2. The van der Waals surface area contributed by atoms with Gasteiger partial charge in [0.2, 0.25) is 0 Å². The summed E-state index contributed by atoms with van der Waals surface area (Å²) in [5.74, 6) is -1.29. The molecule has 0 radical (unpaired) electrons. The fourth-order valence-electron chi connectivity index (χ4n) is 2.25. The van der Waals surface area contributed by atoms with Gasteiger partial charge in [-0.15, -0.1) is 0 Å². The average Bonchev–Trinajstić information content (AvgIpc) is 2.93. The van der Waals surface area contributed by atoms with E-state index >= 15 is 0 Å². The molecule has 7 heteroatoms. The van der Waals surface area contributed by atoms with Crippen molar-refractivity contribution in [2.75, 3.05) is 7.05 Å². The summed E-state index contributed by atoms with van der Waals surface area (Å²) in [6, 6.07) is 5.22. The molecule has 1 aromatic carbocycles. The Morgan fingerprint density at radius 2 is 2.00 bits per heavy atom. The first-order valence-corrected chi connectivity index (χ1v) is 7.22. The van der Waals surface area contributed by atoms with E-state index in [-0.39, 0.29) is 12.5 Å². The summed E-state index contributed by atoms with van der Waals surface area (Å²) in [7, 11) is 1.62. The highest BCUT2D eigenvalue weighted by Crippen LogP contribution is 2.27. The van der Waals surface area contributed by atoms with E-state index in [1.165, 1.54) is 4.90 Å². The minimum atomic E-state index is -1.04. The molecule has 1 N–H and O–H groups in total. The first-order chi connectivity index (χ1) is 9.90. The van der Waals surface area contributed by atoms with Gasteiger partial charge in [0.25, 0.3) is 5.91 Å². The number of carbonyl (C=O) groups is 2. The van der Waals surface area contributed by atoms with Crippen LogP contribution in [-0.4, -0.2) is 41.1 Å². The highest BCUT2D eigenvalue weighted by molar-refractivity contribution is 6.42. The molecule has 1 aliphatic rings. The SMILES string of the molecule is CN(Cc1cccc(Cl)c1Cl)C(=O)C1CCC(C(=O)O)O1. The summed E-state index contributed by atoms with van der Waals surface area (Å²) in [4.78, 5) is 24.5. The summed E-state index contributed by atoms with van der Waals surface area (Å²) >= 11 is 12.0. The van der Waals surface area contributed by atoms with Crippen molar-refractivity contribution in [3.05, 3.63) is 33.8 Å². The predicted molar refractivity (Wildman–Crippen MR) is 78.5 cm³/mol. The van der Waals surface area contributed by atoms with Crippen LogP contribution in [0, 0.1) is 0 Å². The highest BCUT2D eigenvalue weighted by Gasteiger charge is 2.36. The zero-order valence-corrected chi connectivity index (χ0v) is 12.9. The van der Waals surface area contributed by atoms with Crippen LogP contribution in [0.15, 0.2) is 18.2 Å². The summed E-state index contributed by atoms with van der Waals surface area (Å²) in [5, 5.41) is 9.71. The molecule has 0 saturated carbocycles. The minimum Gasteiger partial charge on any atom is -0.479 e. The zero-order valence-electron chi connectivity index (χ0n) is 11.4. The van der Waals surface area contributed by atoms with E-state index in [9.17, 15) is 9.59 Å². The molecule has 1 fully saturated rings. The number of likely N-dealkylation sites (N-methyl/N-ethyl adjacent to an activating group) is 1. The molecule has 0 aromatic heterocycles. The van der Waals surface area contributed by atoms with E-state index in [0.717, 1.165) is 5.56 Å². The number of hydrogen-bond acceptors (Lipinski definition) is 3. The number of carboxylic acid groups (broad SMARTS) is 1. The lowest BCUT2D eigenvalue weighted by Crippen LogP contribution is -2.36. The number of amides is 1. The predicted octanol–water partition coefficient (Wildman–Crippen LogP) is 2.58. The van der Waals surface area contributed by atoms with Crippen molar-refractivity contribution in [1.29, 1.82) is 0 Å². The molecule has 1 heterocycles. The van der Waals surface area contributed by atoms with Crippen LogP contribution in [0.1, 0.15) is 18.4 Å². The smallest absolute Gasteiger partial charge is 0.332 e. The van der Waals surface area contributed by atoms with Crippen LogP contribution in [0.3, 0.4) is 0 Å². The van der Waals surface area contributed by atoms with Gasteiger partial charge in [0.05, 0.1) is 10.0 Å². The number of hydrogen-bond donors (Lipinski definition) is 1. The lowest BCUT2D eigenvalue weighted by Gasteiger charge is -2.21. The second-order valence-corrected chi connectivity index (χ2v) is 5.72. The minimum absolute atomic E-state index is 0.255. The Kier molecular flexibility index (Phi) is 5.08. The van der Waals surface area contributed by atoms with Crippen molar-refractivity contribution in [3.63, 3.8) is 0 Å². The fourth-order valence-corrected chi connectivity index (χ4v) is 2.63. The van der Waals surface area contributed by atoms with E-state index in [2.05, 4.69) is 0 Å². The largest absolute Gasteiger partial charge is 0.479 e. The molecule has 1 aromatic rings. The van der Waals surface area contributed by atoms with Crippen LogP contribution in [0.2, 0.25) is 10.0 Å². The molecule has 1 saturated heterocycles. The monoisotopic (exact) mass is 331 g/mol. The van der Waals surface area contributed by atoms with Crippen molar-refractivity contribution < 1.29 is 19.4 Å². The molecule has 0 bridgehead atoms. The normalized spacial score (nSPS) is 21.3. The highest BCUT2D eigenvalue weighted by atomic mass is 35.5. The van der Waals surface area contributed by atoms with Gasteiger partial charge < -0.3 is 14.7 Å².